The van der Waals surface area contributed by atoms with Crippen LogP contribution in [-0.4, -0.2) is 29.1 Å². The first kappa shape index (κ1) is 18.0. The number of carbonyl (C=O) groups is 2. The van der Waals surface area contributed by atoms with Crippen LogP contribution in [0.2, 0.25) is 0 Å². The van der Waals surface area contributed by atoms with Crippen LogP contribution < -0.4 is 0 Å². The molecule has 1 atom stereocenters. The summed E-state index contributed by atoms with van der Waals surface area (Å²) in [6, 6.07) is 13.4. The Morgan fingerprint density at radius 3 is 2.46 bits per heavy atom. The summed E-state index contributed by atoms with van der Waals surface area (Å²) in [5.74, 6) is -1.13. The minimum Gasteiger partial charge on any atom is -0.479 e. The van der Waals surface area contributed by atoms with Crippen LogP contribution in [0.1, 0.15) is 22.7 Å². The van der Waals surface area contributed by atoms with Crippen molar-refractivity contribution in [3.63, 3.8) is 0 Å². The highest BCUT2D eigenvalue weighted by Gasteiger charge is 2.30. The van der Waals surface area contributed by atoms with Crippen LogP contribution in [0.4, 0.5) is 4.79 Å². The first-order chi connectivity index (χ1) is 11.4. The number of benzene rings is 2. The van der Waals surface area contributed by atoms with Crippen molar-refractivity contribution >= 4 is 28.0 Å². The number of nitrogens with zero attached hydrogens (tertiary/aromatic N) is 1. The Labute approximate surface area is 149 Å². The first-order valence-corrected chi connectivity index (χ1v) is 8.12. The van der Waals surface area contributed by atoms with E-state index < -0.39 is 18.1 Å². The largest absolute Gasteiger partial charge is 0.479 e. The quantitative estimate of drug-likeness (QED) is 0.830. The van der Waals surface area contributed by atoms with Crippen molar-refractivity contribution in [2.24, 2.45) is 0 Å². The average Bonchev–Trinajstić information content (AvgIpc) is 2.55. The Morgan fingerprint density at radius 1 is 1.21 bits per heavy atom. The fourth-order valence-corrected chi connectivity index (χ4v) is 3.00. The third-order valence-electron chi connectivity index (χ3n) is 3.56. The number of carboxylic acids is 1. The number of carbonyl (C=O) groups excluding carboxylic acids is 1. The number of hydrogen-bond donors (Lipinski definition) is 1. The van der Waals surface area contributed by atoms with Crippen LogP contribution in [-0.2, 0) is 16.1 Å². The maximum atomic E-state index is 12.2. The van der Waals surface area contributed by atoms with Crippen LogP contribution in [0.15, 0.2) is 53.0 Å². The average molecular weight is 392 g/mol. The Hall–Kier alpha value is -2.34. The summed E-state index contributed by atoms with van der Waals surface area (Å²) in [7, 11) is 1.42. The number of aliphatic carboxylic acids is 1. The number of ether oxygens (including phenoxy) is 1. The van der Waals surface area contributed by atoms with Crippen LogP contribution >= 0.6 is 15.9 Å². The van der Waals surface area contributed by atoms with Crippen molar-refractivity contribution in [3.05, 3.63) is 69.7 Å². The molecule has 0 saturated heterocycles. The molecule has 0 aliphatic carbocycles. The summed E-state index contributed by atoms with van der Waals surface area (Å²) in [6.45, 7) is 1.99. The van der Waals surface area contributed by atoms with E-state index in [1.54, 1.807) is 12.1 Å². The second-order valence-corrected chi connectivity index (χ2v) is 6.27. The van der Waals surface area contributed by atoms with Gasteiger partial charge in [-0.15, -0.1) is 0 Å². The van der Waals surface area contributed by atoms with Gasteiger partial charge >= 0.3 is 12.1 Å². The van der Waals surface area contributed by atoms with Gasteiger partial charge in [0, 0.05) is 17.1 Å². The minimum atomic E-state index is -1.14. The smallest absolute Gasteiger partial charge is 0.410 e. The van der Waals surface area contributed by atoms with E-state index in [9.17, 15) is 14.7 Å². The van der Waals surface area contributed by atoms with E-state index in [1.807, 2.05) is 43.3 Å². The molecule has 0 aliphatic heterocycles. The van der Waals surface area contributed by atoms with Crippen molar-refractivity contribution in [1.82, 2.24) is 4.90 Å². The molecule has 0 spiro atoms. The fraction of sp³-hybridized carbons (Fsp3) is 0.222. The van der Waals surface area contributed by atoms with E-state index in [-0.39, 0.29) is 6.61 Å². The molecule has 2 aromatic rings. The van der Waals surface area contributed by atoms with Crippen molar-refractivity contribution < 1.29 is 19.4 Å². The number of likely N-dealkylation sites (N-methyl/N-ethyl adjacent to an activating group) is 1. The Balaban J connectivity index is 2.15. The first-order valence-electron chi connectivity index (χ1n) is 7.32. The van der Waals surface area contributed by atoms with Crippen molar-refractivity contribution in [2.45, 2.75) is 19.6 Å². The lowest BCUT2D eigenvalue weighted by molar-refractivity contribution is -0.142. The van der Waals surface area contributed by atoms with Gasteiger partial charge in [0.25, 0.3) is 0 Å². The van der Waals surface area contributed by atoms with Gasteiger partial charge in [-0.25, -0.2) is 9.59 Å². The van der Waals surface area contributed by atoms with Crippen molar-refractivity contribution in [3.8, 4) is 0 Å². The Bertz CT molecular complexity index is 733. The lowest BCUT2D eigenvalue weighted by atomic mass is 10.0. The number of aryl methyl sites for hydroxylation is 1. The molecule has 0 radical (unpaired) electrons. The molecule has 2 aromatic carbocycles. The molecule has 0 fully saturated rings. The van der Waals surface area contributed by atoms with Gasteiger partial charge in [-0.2, -0.15) is 0 Å². The second kappa shape index (κ2) is 7.97. The maximum absolute atomic E-state index is 12.2. The second-order valence-electron chi connectivity index (χ2n) is 5.42. The van der Waals surface area contributed by atoms with Crippen molar-refractivity contribution in [2.75, 3.05) is 7.05 Å². The molecule has 0 aromatic heterocycles. The van der Waals surface area contributed by atoms with Gasteiger partial charge in [0.15, 0.2) is 6.04 Å². The monoisotopic (exact) mass is 391 g/mol. The van der Waals surface area contributed by atoms with Gasteiger partial charge in [0.2, 0.25) is 0 Å². The van der Waals surface area contributed by atoms with Crippen LogP contribution in [0, 0.1) is 6.92 Å². The molecule has 2 rings (SSSR count). The topological polar surface area (TPSA) is 66.8 Å². The zero-order chi connectivity index (χ0) is 17.7. The zero-order valence-corrected chi connectivity index (χ0v) is 15.0. The predicted octanol–water partition coefficient (Wildman–Crippen LogP) is 4.15. The van der Waals surface area contributed by atoms with Crippen LogP contribution in [0.5, 0.6) is 0 Å². The molecule has 0 heterocycles. The van der Waals surface area contributed by atoms with Gasteiger partial charge in [-0.05, 0) is 24.1 Å². The fourth-order valence-electron chi connectivity index (χ4n) is 2.29. The maximum Gasteiger partial charge on any atom is 0.410 e. The molecule has 6 heteroatoms. The summed E-state index contributed by atoms with van der Waals surface area (Å²) in [5, 5.41) is 9.55. The third kappa shape index (κ3) is 4.35. The lowest BCUT2D eigenvalue weighted by Crippen LogP contribution is -2.36. The summed E-state index contributed by atoms with van der Waals surface area (Å²) in [6.07, 6.45) is -0.696. The highest BCUT2D eigenvalue weighted by Crippen LogP contribution is 2.29. The van der Waals surface area contributed by atoms with E-state index in [0.29, 0.717) is 10.0 Å². The molecule has 0 aliphatic rings. The number of amides is 1. The van der Waals surface area contributed by atoms with E-state index >= 15 is 0 Å². The highest BCUT2D eigenvalue weighted by molar-refractivity contribution is 9.10. The number of hydrogen-bond acceptors (Lipinski definition) is 3. The summed E-state index contributed by atoms with van der Waals surface area (Å²) in [5.41, 5.74) is 2.32. The third-order valence-corrected chi connectivity index (χ3v) is 4.25. The van der Waals surface area contributed by atoms with E-state index in [4.69, 9.17) is 4.74 Å². The molecule has 126 valence electrons. The number of carboxylic acid groups (broad SMARTS) is 1. The minimum absolute atomic E-state index is 0.0887. The Kier molecular flexibility index (Phi) is 5.98. The summed E-state index contributed by atoms with van der Waals surface area (Å²) in [4.78, 5) is 25.0. The zero-order valence-electron chi connectivity index (χ0n) is 13.4. The van der Waals surface area contributed by atoms with Crippen LogP contribution in [0.3, 0.4) is 0 Å². The molecule has 1 unspecified atom stereocenters. The molecule has 0 bridgehead atoms. The molecular formula is C18H18BrNO4. The van der Waals surface area contributed by atoms with E-state index in [1.165, 1.54) is 7.05 Å². The van der Waals surface area contributed by atoms with Gasteiger partial charge < -0.3 is 9.84 Å². The molecule has 5 nitrogen and oxygen atoms in total. The van der Waals surface area contributed by atoms with E-state index in [0.717, 1.165) is 16.0 Å². The highest BCUT2D eigenvalue weighted by atomic mass is 79.9. The summed E-state index contributed by atoms with van der Waals surface area (Å²) >= 11 is 3.37. The number of rotatable bonds is 5. The predicted molar refractivity (Wildman–Crippen MR) is 93.6 cm³/mol. The molecular weight excluding hydrogens is 374 g/mol. The lowest BCUT2D eigenvalue weighted by Gasteiger charge is -2.25. The molecule has 0 saturated carbocycles. The SMILES string of the molecule is Cc1ccc(C(C(=O)O)N(C)C(=O)OCc2ccccc2)c(Br)c1. The number of halogens is 1. The molecule has 1 N–H and O–H groups in total. The van der Waals surface area contributed by atoms with Crippen LogP contribution in [0.25, 0.3) is 0 Å². The van der Waals surface area contributed by atoms with E-state index in [2.05, 4.69) is 15.9 Å². The standard InChI is InChI=1S/C18H18BrNO4/c1-12-8-9-14(15(19)10-12)16(17(21)22)20(2)18(23)24-11-13-6-4-3-5-7-13/h3-10,16H,11H2,1-2H3,(H,21,22). The summed E-state index contributed by atoms with van der Waals surface area (Å²) < 4.78 is 5.85. The van der Waals surface area contributed by atoms with Gasteiger partial charge in [0.1, 0.15) is 6.61 Å². The Morgan fingerprint density at radius 2 is 1.88 bits per heavy atom. The van der Waals surface area contributed by atoms with Gasteiger partial charge in [0.05, 0.1) is 0 Å². The van der Waals surface area contributed by atoms with Crippen molar-refractivity contribution in [1.29, 1.82) is 0 Å². The normalized spacial score (nSPS) is 11.6. The van der Waals surface area contributed by atoms with Gasteiger partial charge in [-0.1, -0.05) is 58.4 Å². The molecule has 1 amide bonds. The molecule has 24 heavy (non-hydrogen) atoms. The van der Waals surface area contributed by atoms with Gasteiger partial charge in [-0.3, -0.25) is 4.90 Å².